The van der Waals surface area contributed by atoms with Gasteiger partial charge < -0.3 is 4.74 Å². The third-order valence-corrected chi connectivity index (χ3v) is 1.30. The zero-order valence-corrected chi connectivity index (χ0v) is 6.11. The molecule has 0 aliphatic rings. The molecule has 0 aromatic heterocycles. The lowest BCUT2D eigenvalue weighted by Crippen LogP contribution is -2.03. The molecule has 0 N–H and O–H groups in total. The lowest BCUT2D eigenvalue weighted by atomic mass is 10.1. The van der Waals surface area contributed by atoms with Crippen LogP contribution in [-0.2, 0) is 4.74 Å². The summed E-state index contributed by atoms with van der Waals surface area (Å²) < 4.78 is 5.19. The summed E-state index contributed by atoms with van der Waals surface area (Å²) in [5.74, 6) is 0.731. The van der Waals surface area contributed by atoms with Gasteiger partial charge in [-0.25, -0.2) is 0 Å². The molecule has 0 rings (SSSR count). The van der Waals surface area contributed by atoms with E-state index in [-0.39, 0.29) is 52.0 Å². The van der Waals surface area contributed by atoms with Gasteiger partial charge in [0.1, 0.15) is 0 Å². The summed E-state index contributed by atoms with van der Waals surface area (Å²) in [6, 6.07) is 0. The van der Waals surface area contributed by atoms with E-state index in [4.69, 9.17) is 4.74 Å². The molecular formula is C14H44O. The van der Waals surface area contributed by atoms with Crippen LogP contribution < -0.4 is 0 Å². The Morgan fingerprint density at radius 1 is 0.800 bits per heavy atom. The fourth-order valence-electron chi connectivity index (χ4n) is 0.437. The van der Waals surface area contributed by atoms with Gasteiger partial charge in [-0.15, -0.1) is 0 Å². The van der Waals surface area contributed by atoms with Gasteiger partial charge >= 0.3 is 0 Å². The standard InChI is InChI=1S/C7H16O.7CH4/c1-4-7(3)6-8-5-2;;;;;;;/h7H,4-6H2,1-3H3;7*1H4. The molecule has 1 atom stereocenters. The third-order valence-electron chi connectivity index (χ3n) is 1.30. The Balaban J connectivity index is -0.0000000117. The van der Waals surface area contributed by atoms with Crippen molar-refractivity contribution in [2.24, 2.45) is 5.92 Å². The molecule has 0 amide bonds. The highest BCUT2D eigenvalue weighted by Gasteiger charge is 1.94. The summed E-state index contributed by atoms with van der Waals surface area (Å²) >= 11 is 0. The van der Waals surface area contributed by atoms with Gasteiger partial charge in [-0.3, -0.25) is 0 Å². The molecule has 0 heterocycles. The van der Waals surface area contributed by atoms with Crippen LogP contribution in [0.15, 0.2) is 0 Å². The molecule has 15 heavy (non-hydrogen) atoms. The maximum atomic E-state index is 5.19. The maximum absolute atomic E-state index is 5.19. The zero-order chi connectivity index (χ0) is 6.41. The summed E-state index contributed by atoms with van der Waals surface area (Å²) in [5.41, 5.74) is 0. The summed E-state index contributed by atoms with van der Waals surface area (Å²) in [5, 5.41) is 0. The van der Waals surface area contributed by atoms with Gasteiger partial charge in [0, 0.05) is 13.2 Å². The molecule has 1 nitrogen and oxygen atoms in total. The smallest absolute Gasteiger partial charge is 0.0491 e. The lowest BCUT2D eigenvalue weighted by molar-refractivity contribution is 0.115. The Morgan fingerprint density at radius 2 is 1.13 bits per heavy atom. The molecule has 0 aliphatic heterocycles. The monoisotopic (exact) mass is 228 g/mol. The fourth-order valence-corrected chi connectivity index (χ4v) is 0.437. The Labute approximate surface area is 104 Å². The average molecular weight is 229 g/mol. The number of hydrogen-bond donors (Lipinski definition) is 0. The van der Waals surface area contributed by atoms with Gasteiger partial charge in [0.05, 0.1) is 0 Å². The molecule has 0 aromatic carbocycles. The van der Waals surface area contributed by atoms with Crippen molar-refractivity contribution in [1.82, 2.24) is 0 Å². The van der Waals surface area contributed by atoms with Crippen LogP contribution in [0.2, 0.25) is 0 Å². The first-order valence-corrected chi connectivity index (χ1v) is 3.39. The van der Waals surface area contributed by atoms with Crippen LogP contribution in [0, 0.1) is 5.92 Å². The molecule has 0 aromatic rings. The minimum absolute atomic E-state index is 0. The van der Waals surface area contributed by atoms with E-state index in [2.05, 4.69) is 13.8 Å². The van der Waals surface area contributed by atoms with Gasteiger partial charge in [0.25, 0.3) is 0 Å². The van der Waals surface area contributed by atoms with E-state index in [1.54, 1.807) is 0 Å². The number of rotatable bonds is 4. The van der Waals surface area contributed by atoms with Crippen molar-refractivity contribution < 1.29 is 4.74 Å². The van der Waals surface area contributed by atoms with Crippen molar-refractivity contribution >= 4 is 0 Å². The molecule has 106 valence electrons. The molecule has 0 saturated carbocycles. The first-order valence-electron chi connectivity index (χ1n) is 3.39. The van der Waals surface area contributed by atoms with Crippen molar-refractivity contribution in [2.75, 3.05) is 13.2 Å². The first-order chi connectivity index (χ1) is 3.81. The second kappa shape index (κ2) is 48.4. The topological polar surface area (TPSA) is 9.23 Å². The van der Waals surface area contributed by atoms with Gasteiger partial charge in [-0.1, -0.05) is 72.3 Å². The quantitative estimate of drug-likeness (QED) is 0.532. The number of hydrogen-bond acceptors (Lipinski definition) is 1. The third kappa shape index (κ3) is 56.2. The summed E-state index contributed by atoms with van der Waals surface area (Å²) in [4.78, 5) is 0. The molecule has 0 saturated heterocycles. The Bertz CT molecular complexity index is 44.6. The molecular weight excluding hydrogens is 184 g/mol. The molecule has 0 spiro atoms. The minimum Gasteiger partial charge on any atom is -0.381 e. The predicted octanol–water partition coefficient (Wildman–Crippen LogP) is 6.52. The van der Waals surface area contributed by atoms with Crippen LogP contribution in [0.4, 0.5) is 0 Å². The van der Waals surface area contributed by atoms with Crippen molar-refractivity contribution in [3.05, 3.63) is 0 Å². The van der Waals surface area contributed by atoms with E-state index in [0.29, 0.717) is 0 Å². The average Bonchev–Trinajstić information content (AvgIpc) is 1.83. The highest BCUT2D eigenvalue weighted by Crippen LogP contribution is 1.99. The fraction of sp³-hybridized carbons (Fsp3) is 1.00. The zero-order valence-electron chi connectivity index (χ0n) is 6.11. The van der Waals surface area contributed by atoms with E-state index < -0.39 is 0 Å². The normalized spacial score (nSPS) is 7.40. The Kier molecular flexibility index (Phi) is 194. The molecule has 0 fully saturated rings. The minimum atomic E-state index is 0. The van der Waals surface area contributed by atoms with Crippen LogP contribution in [0.25, 0.3) is 0 Å². The highest BCUT2D eigenvalue weighted by molar-refractivity contribution is 4.44. The molecule has 0 radical (unpaired) electrons. The van der Waals surface area contributed by atoms with E-state index in [1.807, 2.05) is 6.92 Å². The van der Waals surface area contributed by atoms with E-state index >= 15 is 0 Å². The molecule has 0 aliphatic carbocycles. The van der Waals surface area contributed by atoms with Gasteiger partial charge in [0.15, 0.2) is 0 Å². The van der Waals surface area contributed by atoms with Crippen LogP contribution in [0.1, 0.15) is 79.2 Å². The summed E-state index contributed by atoms with van der Waals surface area (Å²) in [7, 11) is 0. The van der Waals surface area contributed by atoms with Crippen molar-refractivity contribution in [2.45, 2.75) is 79.2 Å². The highest BCUT2D eigenvalue weighted by atomic mass is 16.5. The van der Waals surface area contributed by atoms with E-state index in [0.717, 1.165) is 19.1 Å². The predicted molar refractivity (Wildman–Crippen MR) is 83.1 cm³/mol. The second-order valence-electron chi connectivity index (χ2n) is 2.17. The van der Waals surface area contributed by atoms with Crippen LogP contribution in [0.5, 0.6) is 0 Å². The van der Waals surface area contributed by atoms with Crippen molar-refractivity contribution in [3.8, 4) is 0 Å². The molecule has 0 bridgehead atoms. The van der Waals surface area contributed by atoms with Crippen molar-refractivity contribution in [3.63, 3.8) is 0 Å². The first kappa shape index (κ1) is 60.2. The van der Waals surface area contributed by atoms with Crippen LogP contribution in [0.3, 0.4) is 0 Å². The summed E-state index contributed by atoms with van der Waals surface area (Å²) in [6.07, 6.45) is 1.22. The number of ether oxygens (including phenoxy) is 1. The molecule has 1 heteroatoms. The van der Waals surface area contributed by atoms with E-state index in [9.17, 15) is 0 Å². The van der Waals surface area contributed by atoms with Crippen molar-refractivity contribution in [1.29, 1.82) is 0 Å². The lowest BCUT2D eigenvalue weighted by Gasteiger charge is -2.05. The van der Waals surface area contributed by atoms with Gasteiger partial charge in [-0.05, 0) is 12.8 Å². The van der Waals surface area contributed by atoms with Gasteiger partial charge in [-0.2, -0.15) is 0 Å². The Morgan fingerprint density at radius 3 is 1.33 bits per heavy atom. The molecule has 1 unspecified atom stereocenters. The summed E-state index contributed by atoms with van der Waals surface area (Å²) in [6.45, 7) is 8.19. The Hall–Kier alpha value is -0.0400. The SMILES string of the molecule is C.C.C.C.C.C.C.CCOCC(C)CC. The largest absolute Gasteiger partial charge is 0.381 e. The second-order valence-corrected chi connectivity index (χ2v) is 2.17. The van der Waals surface area contributed by atoms with Gasteiger partial charge in [0.2, 0.25) is 0 Å². The van der Waals surface area contributed by atoms with Crippen LogP contribution in [-0.4, -0.2) is 13.2 Å². The van der Waals surface area contributed by atoms with E-state index in [1.165, 1.54) is 6.42 Å². The maximum Gasteiger partial charge on any atom is 0.0491 e. The van der Waals surface area contributed by atoms with Crippen LogP contribution >= 0.6 is 0 Å².